The molecule has 0 aliphatic carbocycles. The molecule has 8 nitrogen and oxygen atoms in total. The van der Waals surface area contributed by atoms with E-state index in [0.29, 0.717) is 21.4 Å². The van der Waals surface area contributed by atoms with Crippen LogP contribution in [0.15, 0.2) is 48.5 Å². The number of amides is 1. The van der Waals surface area contributed by atoms with Gasteiger partial charge in [-0.05, 0) is 48.5 Å². The highest BCUT2D eigenvalue weighted by Gasteiger charge is 2.14. The maximum absolute atomic E-state index is 12.4. The number of rotatable bonds is 6. The third-order valence-corrected chi connectivity index (χ3v) is 6.07. The minimum atomic E-state index is -3.36. The molecule has 10 heteroatoms. The number of sulfonamides is 1. The maximum Gasteiger partial charge on any atom is 0.257 e. The van der Waals surface area contributed by atoms with E-state index in [-0.39, 0.29) is 5.91 Å². The van der Waals surface area contributed by atoms with Gasteiger partial charge in [0.25, 0.3) is 5.91 Å². The Morgan fingerprint density at radius 3 is 2.29 bits per heavy atom. The van der Waals surface area contributed by atoms with E-state index in [0.717, 1.165) is 21.9 Å². The standard InChI is InChI=1S/C18H18N4O4S2/c1-22(28(3,24)25)14-8-4-12(5-9-14)16(23)19-18-21-20-17(27-18)13-6-10-15(26-2)11-7-13/h4-11H,1-3H3,(H,19,21,23). The Labute approximate surface area is 166 Å². The minimum absolute atomic E-state index is 0.356. The first-order valence-electron chi connectivity index (χ1n) is 8.11. The molecule has 2 aromatic carbocycles. The van der Waals surface area contributed by atoms with E-state index >= 15 is 0 Å². The maximum atomic E-state index is 12.4. The number of anilines is 2. The average molecular weight is 419 g/mol. The SMILES string of the molecule is COc1ccc(-c2nnc(NC(=O)c3ccc(N(C)S(C)(=O)=O)cc3)s2)cc1. The number of aromatic nitrogens is 2. The van der Waals surface area contributed by atoms with Gasteiger partial charge in [0.1, 0.15) is 10.8 Å². The molecule has 0 saturated carbocycles. The highest BCUT2D eigenvalue weighted by Crippen LogP contribution is 2.28. The van der Waals surface area contributed by atoms with Crippen LogP contribution < -0.4 is 14.4 Å². The molecule has 0 aliphatic heterocycles. The number of nitrogens with zero attached hydrogens (tertiary/aromatic N) is 3. The van der Waals surface area contributed by atoms with E-state index in [9.17, 15) is 13.2 Å². The highest BCUT2D eigenvalue weighted by molar-refractivity contribution is 7.92. The van der Waals surface area contributed by atoms with Gasteiger partial charge in [0.2, 0.25) is 15.2 Å². The molecule has 3 aromatic rings. The molecule has 0 aliphatic rings. The zero-order chi connectivity index (χ0) is 20.3. The van der Waals surface area contributed by atoms with Crippen molar-refractivity contribution in [2.45, 2.75) is 0 Å². The Morgan fingerprint density at radius 1 is 1.07 bits per heavy atom. The predicted molar refractivity (Wildman–Crippen MR) is 110 cm³/mol. The van der Waals surface area contributed by atoms with E-state index in [1.54, 1.807) is 31.4 Å². The zero-order valence-corrected chi connectivity index (χ0v) is 17.0. The molecule has 0 atom stereocenters. The summed E-state index contributed by atoms with van der Waals surface area (Å²) in [5, 5.41) is 11.8. The van der Waals surface area contributed by atoms with Crippen LogP contribution in [0.5, 0.6) is 5.75 Å². The van der Waals surface area contributed by atoms with Gasteiger partial charge in [-0.3, -0.25) is 14.4 Å². The number of carbonyl (C=O) groups is 1. The van der Waals surface area contributed by atoms with Gasteiger partial charge in [-0.1, -0.05) is 11.3 Å². The van der Waals surface area contributed by atoms with Crippen molar-refractivity contribution in [3.63, 3.8) is 0 Å². The fourth-order valence-corrected chi connectivity index (χ4v) is 3.56. The molecular formula is C18H18N4O4S2. The van der Waals surface area contributed by atoms with E-state index in [4.69, 9.17) is 4.74 Å². The summed E-state index contributed by atoms with van der Waals surface area (Å²) in [6, 6.07) is 13.6. The first-order valence-corrected chi connectivity index (χ1v) is 10.8. The van der Waals surface area contributed by atoms with Crippen molar-refractivity contribution < 1.29 is 17.9 Å². The first kappa shape index (κ1) is 19.8. The van der Waals surface area contributed by atoms with Crippen LogP contribution in [-0.2, 0) is 10.0 Å². The van der Waals surface area contributed by atoms with Gasteiger partial charge >= 0.3 is 0 Å². The number of ether oxygens (including phenoxy) is 1. The van der Waals surface area contributed by atoms with Gasteiger partial charge in [0, 0.05) is 18.2 Å². The van der Waals surface area contributed by atoms with Crippen molar-refractivity contribution >= 4 is 38.1 Å². The smallest absolute Gasteiger partial charge is 0.257 e. The van der Waals surface area contributed by atoms with E-state index in [1.165, 1.54) is 18.4 Å². The van der Waals surface area contributed by atoms with Gasteiger partial charge in [0.05, 0.1) is 19.1 Å². The summed E-state index contributed by atoms with van der Waals surface area (Å²) in [5.74, 6) is 0.387. The quantitative estimate of drug-likeness (QED) is 0.660. The summed E-state index contributed by atoms with van der Waals surface area (Å²) in [6.45, 7) is 0. The van der Waals surface area contributed by atoms with Crippen molar-refractivity contribution in [1.29, 1.82) is 0 Å². The second-order valence-electron chi connectivity index (χ2n) is 5.87. The molecule has 28 heavy (non-hydrogen) atoms. The third kappa shape index (κ3) is 4.46. The first-order chi connectivity index (χ1) is 13.3. The van der Waals surface area contributed by atoms with Crippen LogP contribution in [-0.4, -0.2) is 44.9 Å². The Kier molecular flexibility index (Phi) is 5.61. The predicted octanol–water partition coefficient (Wildman–Crippen LogP) is 2.86. The van der Waals surface area contributed by atoms with Crippen LogP contribution in [0.3, 0.4) is 0 Å². The molecule has 3 rings (SSSR count). The van der Waals surface area contributed by atoms with Gasteiger partial charge < -0.3 is 4.74 Å². The Bertz CT molecular complexity index is 1080. The molecule has 1 N–H and O–H groups in total. The van der Waals surface area contributed by atoms with Crippen molar-refractivity contribution in [3.8, 4) is 16.3 Å². The van der Waals surface area contributed by atoms with Crippen molar-refractivity contribution in [1.82, 2.24) is 10.2 Å². The van der Waals surface area contributed by atoms with Crippen LogP contribution in [0, 0.1) is 0 Å². The van der Waals surface area contributed by atoms with Crippen molar-refractivity contribution in [3.05, 3.63) is 54.1 Å². The lowest BCUT2D eigenvalue weighted by molar-refractivity contribution is 0.102. The summed E-state index contributed by atoms with van der Waals surface area (Å²) in [5.41, 5.74) is 1.72. The summed E-state index contributed by atoms with van der Waals surface area (Å²) in [6.07, 6.45) is 1.11. The largest absolute Gasteiger partial charge is 0.497 e. The number of hydrogen-bond donors (Lipinski definition) is 1. The normalized spacial score (nSPS) is 11.1. The second-order valence-corrected chi connectivity index (χ2v) is 8.86. The van der Waals surface area contributed by atoms with Gasteiger partial charge in [-0.15, -0.1) is 10.2 Å². The van der Waals surface area contributed by atoms with E-state index < -0.39 is 10.0 Å². The lowest BCUT2D eigenvalue weighted by Crippen LogP contribution is -2.24. The summed E-state index contributed by atoms with van der Waals surface area (Å²) >= 11 is 1.25. The van der Waals surface area contributed by atoms with Crippen LogP contribution in [0.4, 0.5) is 10.8 Å². The van der Waals surface area contributed by atoms with Crippen molar-refractivity contribution in [2.75, 3.05) is 30.0 Å². The van der Waals surface area contributed by atoms with Gasteiger partial charge in [0.15, 0.2) is 0 Å². The minimum Gasteiger partial charge on any atom is -0.497 e. The fourth-order valence-electron chi connectivity index (χ4n) is 2.31. The molecule has 1 heterocycles. The third-order valence-electron chi connectivity index (χ3n) is 3.97. The molecule has 0 radical (unpaired) electrons. The average Bonchev–Trinajstić information content (AvgIpc) is 3.15. The molecule has 146 valence electrons. The molecule has 0 fully saturated rings. The van der Waals surface area contributed by atoms with Crippen LogP contribution in [0.1, 0.15) is 10.4 Å². The van der Waals surface area contributed by atoms with E-state index in [2.05, 4.69) is 15.5 Å². The molecule has 0 spiro atoms. The Balaban J connectivity index is 1.70. The van der Waals surface area contributed by atoms with E-state index in [1.807, 2.05) is 24.3 Å². The number of benzene rings is 2. The Morgan fingerprint density at radius 2 is 1.71 bits per heavy atom. The highest BCUT2D eigenvalue weighted by atomic mass is 32.2. The molecule has 0 bridgehead atoms. The summed E-state index contributed by atoms with van der Waals surface area (Å²) in [4.78, 5) is 12.4. The molecule has 0 unspecified atom stereocenters. The van der Waals surface area contributed by atoms with Crippen LogP contribution >= 0.6 is 11.3 Å². The fraction of sp³-hybridized carbons (Fsp3) is 0.167. The summed E-state index contributed by atoms with van der Waals surface area (Å²) < 4.78 is 29.4. The van der Waals surface area contributed by atoms with Crippen LogP contribution in [0.25, 0.3) is 10.6 Å². The molecule has 1 amide bonds. The summed E-state index contributed by atoms with van der Waals surface area (Å²) in [7, 11) is -0.310. The van der Waals surface area contributed by atoms with Crippen LogP contribution in [0.2, 0.25) is 0 Å². The van der Waals surface area contributed by atoms with Crippen molar-refractivity contribution in [2.24, 2.45) is 0 Å². The number of nitrogens with one attached hydrogen (secondary N) is 1. The lowest BCUT2D eigenvalue weighted by Gasteiger charge is -2.16. The topological polar surface area (TPSA) is 101 Å². The lowest BCUT2D eigenvalue weighted by atomic mass is 10.2. The second kappa shape index (κ2) is 7.95. The Hall–Kier alpha value is -2.98. The molecule has 1 aromatic heterocycles. The molecular weight excluding hydrogens is 400 g/mol. The monoisotopic (exact) mass is 418 g/mol. The zero-order valence-electron chi connectivity index (χ0n) is 15.4. The number of methoxy groups -OCH3 is 1. The number of hydrogen-bond acceptors (Lipinski definition) is 7. The van der Waals surface area contributed by atoms with Gasteiger partial charge in [-0.2, -0.15) is 0 Å². The van der Waals surface area contributed by atoms with Gasteiger partial charge in [-0.25, -0.2) is 8.42 Å². The molecule has 0 saturated heterocycles. The number of carbonyl (C=O) groups excluding carboxylic acids is 1.